The Balaban J connectivity index is 1.77. The van der Waals surface area contributed by atoms with Crippen LogP contribution in [0, 0.1) is 5.92 Å². The van der Waals surface area contributed by atoms with Crippen LogP contribution in [-0.2, 0) is 11.2 Å². The molecule has 108 valence electrons. The van der Waals surface area contributed by atoms with Crippen LogP contribution in [0.5, 0.6) is 11.5 Å². The molecule has 0 aromatic heterocycles. The van der Waals surface area contributed by atoms with E-state index in [2.05, 4.69) is 0 Å². The predicted molar refractivity (Wildman–Crippen MR) is 74.3 cm³/mol. The van der Waals surface area contributed by atoms with Crippen LogP contribution >= 0.6 is 0 Å². The third kappa shape index (κ3) is 2.74. The number of aryl methyl sites for hydroxylation is 1. The third-order valence-electron chi connectivity index (χ3n) is 4.30. The van der Waals surface area contributed by atoms with E-state index in [1.54, 1.807) is 6.07 Å². The first kappa shape index (κ1) is 13.3. The van der Waals surface area contributed by atoms with E-state index in [-0.39, 0.29) is 12.7 Å². The van der Waals surface area contributed by atoms with Crippen molar-refractivity contribution >= 4 is 5.97 Å². The topological polar surface area (TPSA) is 55.8 Å². The summed E-state index contributed by atoms with van der Waals surface area (Å²) in [4.78, 5) is 10.6. The molecule has 2 aliphatic rings. The lowest BCUT2D eigenvalue weighted by atomic mass is 9.92. The van der Waals surface area contributed by atoms with Crippen molar-refractivity contribution in [3.05, 3.63) is 23.8 Å². The molecule has 0 radical (unpaired) electrons. The molecule has 1 heterocycles. The molecule has 0 spiro atoms. The highest BCUT2D eigenvalue weighted by atomic mass is 16.5. The smallest absolute Gasteiger partial charge is 0.341 e. The second kappa shape index (κ2) is 5.73. The van der Waals surface area contributed by atoms with Crippen LogP contribution in [-0.4, -0.2) is 23.8 Å². The number of aliphatic carboxylic acids is 1. The second-order valence-electron chi connectivity index (χ2n) is 5.67. The number of para-hydroxylation sites is 1. The molecule has 0 bridgehead atoms. The van der Waals surface area contributed by atoms with Gasteiger partial charge in [0.25, 0.3) is 0 Å². The molecule has 4 nitrogen and oxygen atoms in total. The van der Waals surface area contributed by atoms with Gasteiger partial charge in [0.05, 0.1) is 0 Å². The van der Waals surface area contributed by atoms with Gasteiger partial charge in [0.2, 0.25) is 0 Å². The van der Waals surface area contributed by atoms with Crippen molar-refractivity contribution in [2.45, 2.75) is 44.6 Å². The summed E-state index contributed by atoms with van der Waals surface area (Å²) in [5, 5.41) is 8.74. The van der Waals surface area contributed by atoms with Crippen molar-refractivity contribution in [2.75, 3.05) is 6.61 Å². The molecule has 1 unspecified atom stereocenters. The molecule has 3 rings (SSSR count). The van der Waals surface area contributed by atoms with Gasteiger partial charge < -0.3 is 14.6 Å². The maximum Gasteiger partial charge on any atom is 0.341 e. The Morgan fingerprint density at radius 2 is 2.10 bits per heavy atom. The van der Waals surface area contributed by atoms with Crippen molar-refractivity contribution in [3.8, 4) is 11.5 Å². The van der Waals surface area contributed by atoms with Gasteiger partial charge in [0.1, 0.15) is 6.10 Å². The van der Waals surface area contributed by atoms with Crippen LogP contribution in [0.25, 0.3) is 0 Å². The van der Waals surface area contributed by atoms with Gasteiger partial charge in [0, 0.05) is 0 Å². The van der Waals surface area contributed by atoms with Gasteiger partial charge in [-0.25, -0.2) is 4.79 Å². The monoisotopic (exact) mass is 276 g/mol. The first-order valence-electron chi connectivity index (χ1n) is 7.37. The van der Waals surface area contributed by atoms with E-state index in [1.807, 2.05) is 12.1 Å². The van der Waals surface area contributed by atoms with E-state index in [0.29, 0.717) is 11.7 Å². The fourth-order valence-electron chi connectivity index (χ4n) is 3.31. The van der Waals surface area contributed by atoms with Gasteiger partial charge in [-0.2, -0.15) is 0 Å². The first-order valence-corrected chi connectivity index (χ1v) is 7.37. The van der Waals surface area contributed by atoms with Crippen molar-refractivity contribution < 1.29 is 19.4 Å². The summed E-state index contributed by atoms with van der Waals surface area (Å²) < 4.78 is 11.5. The van der Waals surface area contributed by atoms with Crippen LogP contribution in [0.1, 0.15) is 37.7 Å². The number of carboxylic acid groups (broad SMARTS) is 1. The largest absolute Gasteiger partial charge is 0.486 e. The average Bonchev–Trinajstić information content (AvgIpc) is 2.98. The van der Waals surface area contributed by atoms with E-state index in [9.17, 15) is 4.79 Å². The van der Waals surface area contributed by atoms with Gasteiger partial charge >= 0.3 is 5.97 Å². The van der Waals surface area contributed by atoms with Crippen molar-refractivity contribution in [2.24, 2.45) is 5.92 Å². The molecule has 0 amide bonds. The Morgan fingerprint density at radius 3 is 2.85 bits per heavy atom. The third-order valence-corrected chi connectivity index (χ3v) is 4.30. The highest BCUT2D eigenvalue weighted by molar-refractivity contribution is 5.68. The minimum absolute atomic E-state index is 0.263. The zero-order valence-corrected chi connectivity index (χ0v) is 11.5. The molecular weight excluding hydrogens is 256 g/mol. The van der Waals surface area contributed by atoms with E-state index < -0.39 is 5.97 Å². The quantitative estimate of drug-likeness (QED) is 0.918. The standard InChI is InChI=1S/C16H20O4/c17-15(18)10-19-14-7-3-6-12-8-9-13(20-16(12)14)11-4-1-2-5-11/h3,6-7,11,13H,1-2,4-5,8-10H2,(H,17,18). The molecule has 4 heteroatoms. The molecule has 1 aliphatic carbocycles. The van der Waals surface area contributed by atoms with Crippen LogP contribution in [0.15, 0.2) is 18.2 Å². The molecule has 1 atom stereocenters. The summed E-state index contributed by atoms with van der Waals surface area (Å²) in [5.74, 6) is 1.01. The van der Waals surface area contributed by atoms with Gasteiger partial charge in [-0.1, -0.05) is 25.0 Å². The number of ether oxygens (including phenoxy) is 2. The number of hydrogen-bond donors (Lipinski definition) is 1. The number of benzene rings is 1. The minimum atomic E-state index is -0.967. The van der Waals surface area contributed by atoms with E-state index in [0.717, 1.165) is 24.2 Å². The summed E-state index contributed by atoms with van der Waals surface area (Å²) >= 11 is 0. The zero-order chi connectivity index (χ0) is 13.9. The Kier molecular flexibility index (Phi) is 3.81. The second-order valence-corrected chi connectivity index (χ2v) is 5.67. The Morgan fingerprint density at radius 1 is 1.30 bits per heavy atom. The summed E-state index contributed by atoms with van der Waals surface area (Å²) in [6.07, 6.45) is 7.40. The molecule has 1 saturated carbocycles. The van der Waals surface area contributed by atoms with Gasteiger partial charge in [-0.3, -0.25) is 0 Å². The average molecular weight is 276 g/mol. The van der Waals surface area contributed by atoms with Crippen LogP contribution in [0.3, 0.4) is 0 Å². The Labute approximate surface area is 118 Å². The van der Waals surface area contributed by atoms with Crippen molar-refractivity contribution in [3.63, 3.8) is 0 Å². The highest BCUT2D eigenvalue weighted by Crippen LogP contribution is 2.41. The molecule has 1 fully saturated rings. The maximum absolute atomic E-state index is 10.6. The van der Waals surface area contributed by atoms with Crippen LogP contribution < -0.4 is 9.47 Å². The number of carboxylic acids is 1. The summed E-state index contributed by atoms with van der Waals surface area (Å²) in [6, 6.07) is 5.72. The van der Waals surface area contributed by atoms with Gasteiger partial charge in [0.15, 0.2) is 18.1 Å². The van der Waals surface area contributed by atoms with Crippen molar-refractivity contribution in [1.29, 1.82) is 0 Å². The number of fused-ring (bicyclic) bond motifs is 1. The zero-order valence-electron chi connectivity index (χ0n) is 11.5. The Hall–Kier alpha value is -1.71. The lowest BCUT2D eigenvalue weighted by Crippen LogP contribution is -2.29. The molecular formula is C16H20O4. The van der Waals surface area contributed by atoms with E-state index in [4.69, 9.17) is 14.6 Å². The number of hydrogen-bond acceptors (Lipinski definition) is 3. The molecule has 20 heavy (non-hydrogen) atoms. The fourth-order valence-corrected chi connectivity index (χ4v) is 3.31. The van der Waals surface area contributed by atoms with Gasteiger partial charge in [-0.05, 0) is 43.2 Å². The summed E-state index contributed by atoms with van der Waals surface area (Å²) in [5.41, 5.74) is 1.13. The number of rotatable bonds is 4. The predicted octanol–water partition coefficient (Wildman–Crippen LogP) is 3.03. The van der Waals surface area contributed by atoms with Crippen molar-refractivity contribution in [1.82, 2.24) is 0 Å². The minimum Gasteiger partial charge on any atom is -0.486 e. The molecule has 1 aromatic carbocycles. The van der Waals surface area contributed by atoms with E-state index >= 15 is 0 Å². The molecule has 1 N–H and O–H groups in total. The number of carbonyl (C=O) groups is 1. The molecule has 1 aromatic rings. The highest BCUT2D eigenvalue weighted by Gasteiger charge is 2.31. The summed E-state index contributed by atoms with van der Waals surface area (Å²) in [7, 11) is 0. The lowest BCUT2D eigenvalue weighted by Gasteiger charge is -2.31. The normalized spacial score (nSPS) is 22.1. The van der Waals surface area contributed by atoms with E-state index in [1.165, 1.54) is 25.7 Å². The molecule has 1 aliphatic heterocycles. The lowest BCUT2D eigenvalue weighted by molar-refractivity contribution is -0.139. The van der Waals surface area contributed by atoms with Crippen LogP contribution in [0.4, 0.5) is 0 Å². The molecule has 0 saturated heterocycles. The first-order chi connectivity index (χ1) is 9.74. The summed E-state index contributed by atoms with van der Waals surface area (Å²) in [6.45, 7) is -0.325. The fraction of sp³-hybridized carbons (Fsp3) is 0.562. The van der Waals surface area contributed by atoms with Crippen LogP contribution in [0.2, 0.25) is 0 Å². The maximum atomic E-state index is 10.6. The van der Waals surface area contributed by atoms with Gasteiger partial charge in [-0.15, -0.1) is 0 Å². The Bertz CT molecular complexity index is 491. The SMILES string of the molecule is O=C(O)COc1cccc2c1OC(C1CCCC1)CC2.